The van der Waals surface area contributed by atoms with E-state index < -0.39 is 0 Å². The van der Waals surface area contributed by atoms with Crippen LogP contribution in [0.1, 0.15) is 12.5 Å². The van der Waals surface area contributed by atoms with Crippen molar-refractivity contribution in [1.82, 2.24) is 9.97 Å². The van der Waals surface area contributed by atoms with Crippen LogP contribution in [-0.2, 0) is 0 Å². The zero-order valence-corrected chi connectivity index (χ0v) is 7.97. The fourth-order valence-corrected chi connectivity index (χ4v) is 0.793. The summed E-state index contributed by atoms with van der Waals surface area (Å²) in [5, 5.41) is 3.11. The number of aromatic nitrogens is 2. The van der Waals surface area contributed by atoms with Crippen molar-refractivity contribution in [1.29, 1.82) is 0 Å². The lowest BCUT2D eigenvalue weighted by Crippen LogP contribution is -2.12. The molecule has 0 bridgehead atoms. The average Bonchev–Trinajstić information content (AvgIpc) is 2.03. The average molecular weight is 186 g/mol. The molecule has 1 aromatic heterocycles. The molecular weight excluding hydrogens is 174 g/mol. The molecule has 1 rings (SSSR count). The van der Waals surface area contributed by atoms with Crippen LogP contribution >= 0.6 is 11.6 Å². The molecule has 0 aromatic carbocycles. The van der Waals surface area contributed by atoms with Crippen molar-refractivity contribution < 1.29 is 0 Å². The second-order valence-electron chi connectivity index (χ2n) is 2.75. The number of nitrogens with zero attached hydrogens (tertiary/aromatic N) is 2. The highest BCUT2D eigenvalue weighted by Crippen LogP contribution is 2.00. The van der Waals surface area contributed by atoms with Crippen LogP contribution in [0.4, 0.5) is 5.95 Å². The molecule has 12 heavy (non-hydrogen) atoms. The number of nitrogens with one attached hydrogen (secondary N) is 1. The van der Waals surface area contributed by atoms with E-state index in [1.807, 2.05) is 13.8 Å². The Morgan fingerprint density at radius 3 is 2.58 bits per heavy atom. The third-order valence-corrected chi connectivity index (χ3v) is 1.48. The lowest BCUT2D eigenvalue weighted by atomic mass is 10.4. The zero-order chi connectivity index (χ0) is 8.97. The van der Waals surface area contributed by atoms with Gasteiger partial charge in [0.05, 0.1) is 0 Å². The molecule has 0 fully saturated rings. The minimum absolute atomic E-state index is 0.0925. The summed E-state index contributed by atoms with van der Waals surface area (Å²) >= 11 is 5.74. The van der Waals surface area contributed by atoms with Crippen molar-refractivity contribution in [3.05, 3.63) is 18.0 Å². The maximum Gasteiger partial charge on any atom is 0.222 e. The van der Waals surface area contributed by atoms with Gasteiger partial charge in [0.2, 0.25) is 5.95 Å². The summed E-state index contributed by atoms with van der Waals surface area (Å²) in [6, 6.07) is 0. The van der Waals surface area contributed by atoms with Crippen LogP contribution in [0.15, 0.2) is 12.4 Å². The maximum atomic E-state index is 5.74. The van der Waals surface area contributed by atoms with E-state index in [1.165, 1.54) is 0 Å². The quantitative estimate of drug-likeness (QED) is 0.731. The fraction of sp³-hybridized carbons (Fsp3) is 0.500. The molecule has 0 saturated carbocycles. The number of halogens is 1. The summed E-state index contributed by atoms with van der Waals surface area (Å²) in [7, 11) is 0. The molecule has 0 aliphatic rings. The Kier molecular flexibility index (Phi) is 3.29. The molecule has 0 spiro atoms. The van der Waals surface area contributed by atoms with E-state index in [0.717, 1.165) is 5.56 Å². The molecule has 4 heteroatoms. The second-order valence-corrected chi connectivity index (χ2v) is 3.49. The van der Waals surface area contributed by atoms with Gasteiger partial charge in [0.1, 0.15) is 0 Å². The standard InChI is InChI=1S/C8H12ClN3/c1-6-3-10-8(11-4-6)12-5-7(2)9/h3-4,7H,5H2,1-2H3,(H,10,11,12). The van der Waals surface area contributed by atoms with Crippen molar-refractivity contribution in [2.75, 3.05) is 11.9 Å². The van der Waals surface area contributed by atoms with Gasteiger partial charge in [-0.1, -0.05) is 0 Å². The fourth-order valence-electron chi connectivity index (χ4n) is 0.716. The topological polar surface area (TPSA) is 37.8 Å². The Morgan fingerprint density at radius 2 is 2.08 bits per heavy atom. The van der Waals surface area contributed by atoms with Gasteiger partial charge < -0.3 is 5.32 Å². The second kappa shape index (κ2) is 4.26. The van der Waals surface area contributed by atoms with Crippen LogP contribution in [0.2, 0.25) is 0 Å². The van der Waals surface area contributed by atoms with E-state index >= 15 is 0 Å². The first-order chi connectivity index (χ1) is 5.68. The molecule has 0 amide bonds. The van der Waals surface area contributed by atoms with Crippen LogP contribution in [-0.4, -0.2) is 21.9 Å². The number of hydrogen-bond acceptors (Lipinski definition) is 3. The van der Waals surface area contributed by atoms with Gasteiger partial charge in [0.15, 0.2) is 0 Å². The molecule has 66 valence electrons. The molecule has 1 atom stereocenters. The van der Waals surface area contributed by atoms with Gasteiger partial charge in [-0.3, -0.25) is 0 Å². The third kappa shape index (κ3) is 3.05. The minimum atomic E-state index is 0.0925. The highest BCUT2D eigenvalue weighted by atomic mass is 35.5. The Hall–Kier alpha value is -0.830. The molecular formula is C8H12ClN3. The largest absolute Gasteiger partial charge is 0.353 e. The van der Waals surface area contributed by atoms with Crippen LogP contribution in [0.3, 0.4) is 0 Å². The smallest absolute Gasteiger partial charge is 0.222 e. The van der Waals surface area contributed by atoms with E-state index in [-0.39, 0.29) is 5.38 Å². The molecule has 1 aromatic rings. The van der Waals surface area contributed by atoms with Gasteiger partial charge in [-0.05, 0) is 19.4 Å². The van der Waals surface area contributed by atoms with E-state index in [4.69, 9.17) is 11.6 Å². The predicted octanol–water partition coefficient (Wildman–Crippen LogP) is 1.82. The van der Waals surface area contributed by atoms with E-state index in [0.29, 0.717) is 12.5 Å². The molecule has 0 radical (unpaired) electrons. The number of alkyl halides is 1. The first kappa shape index (κ1) is 9.26. The van der Waals surface area contributed by atoms with Crippen molar-refractivity contribution in [3.63, 3.8) is 0 Å². The van der Waals surface area contributed by atoms with Gasteiger partial charge in [-0.2, -0.15) is 0 Å². The monoisotopic (exact) mass is 185 g/mol. The molecule has 0 saturated heterocycles. The summed E-state index contributed by atoms with van der Waals surface area (Å²) in [5.41, 5.74) is 1.06. The predicted molar refractivity (Wildman–Crippen MR) is 50.6 cm³/mol. The molecule has 0 aliphatic carbocycles. The van der Waals surface area contributed by atoms with Gasteiger partial charge >= 0.3 is 0 Å². The Balaban J connectivity index is 2.48. The molecule has 1 heterocycles. The van der Waals surface area contributed by atoms with Crippen LogP contribution < -0.4 is 5.32 Å². The first-order valence-corrected chi connectivity index (χ1v) is 4.28. The summed E-state index contributed by atoms with van der Waals surface area (Å²) in [6.07, 6.45) is 3.54. The van der Waals surface area contributed by atoms with Gasteiger partial charge in [0.25, 0.3) is 0 Å². The highest BCUT2D eigenvalue weighted by molar-refractivity contribution is 6.20. The zero-order valence-electron chi connectivity index (χ0n) is 7.21. The van der Waals surface area contributed by atoms with Gasteiger partial charge in [-0.25, -0.2) is 9.97 Å². The van der Waals surface area contributed by atoms with Crippen LogP contribution in [0.25, 0.3) is 0 Å². The third-order valence-electron chi connectivity index (χ3n) is 1.32. The van der Waals surface area contributed by atoms with Crippen molar-refractivity contribution in [2.45, 2.75) is 19.2 Å². The van der Waals surface area contributed by atoms with Crippen molar-refractivity contribution in [3.8, 4) is 0 Å². The Bertz CT molecular complexity index is 233. The number of rotatable bonds is 3. The Labute approximate surface area is 77.2 Å². The lowest BCUT2D eigenvalue weighted by molar-refractivity contribution is 0.957. The van der Waals surface area contributed by atoms with Crippen LogP contribution in [0.5, 0.6) is 0 Å². The van der Waals surface area contributed by atoms with E-state index in [2.05, 4.69) is 15.3 Å². The number of anilines is 1. The summed E-state index contributed by atoms with van der Waals surface area (Å²) in [6.45, 7) is 4.56. The molecule has 1 unspecified atom stereocenters. The van der Waals surface area contributed by atoms with E-state index in [1.54, 1.807) is 12.4 Å². The van der Waals surface area contributed by atoms with Gasteiger partial charge in [0, 0.05) is 24.3 Å². The van der Waals surface area contributed by atoms with Gasteiger partial charge in [-0.15, -0.1) is 11.6 Å². The van der Waals surface area contributed by atoms with Crippen molar-refractivity contribution in [2.24, 2.45) is 0 Å². The highest BCUT2D eigenvalue weighted by Gasteiger charge is 1.97. The molecule has 1 N–H and O–H groups in total. The summed E-state index contributed by atoms with van der Waals surface area (Å²) in [4.78, 5) is 8.14. The molecule has 3 nitrogen and oxygen atoms in total. The van der Waals surface area contributed by atoms with E-state index in [9.17, 15) is 0 Å². The number of aryl methyl sites for hydroxylation is 1. The van der Waals surface area contributed by atoms with Crippen LogP contribution in [0, 0.1) is 6.92 Å². The normalized spacial score (nSPS) is 12.6. The van der Waals surface area contributed by atoms with Crippen molar-refractivity contribution >= 4 is 17.5 Å². The first-order valence-electron chi connectivity index (χ1n) is 3.85. The summed E-state index contributed by atoms with van der Waals surface area (Å²) < 4.78 is 0. The number of hydrogen-bond donors (Lipinski definition) is 1. The maximum absolute atomic E-state index is 5.74. The Morgan fingerprint density at radius 1 is 1.50 bits per heavy atom. The lowest BCUT2D eigenvalue weighted by Gasteiger charge is -2.04. The molecule has 0 aliphatic heterocycles. The minimum Gasteiger partial charge on any atom is -0.353 e. The summed E-state index contributed by atoms with van der Waals surface area (Å²) in [5.74, 6) is 0.633. The SMILES string of the molecule is Cc1cnc(NCC(C)Cl)nc1.